The highest BCUT2D eigenvalue weighted by molar-refractivity contribution is 6.05. The van der Waals surface area contributed by atoms with Gasteiger partial charge in [0.1, 0.15) is 12.5 Å². The van der Waals surface area contributed by atoms with Gasteiger partial charge >= 0.3 is 0 Å². The Kier molecular flexibility index (Phi) is 2.68. The van der Waals surface area contributed by atoms with Crippen LogP contribution in [-0.4, -0.2) is 20.0 Å². The molecule has 0 bridgehead atoms. The summed E-state index contributed by atoms with van der Waals surface area (Å²) in [5.41, 5.74) is 0. The smallest absolute Gasteiger partial charge is 0.263 e. The van der Waals surface area contributed by atoms with E-state index in [4.69, 9.17) is 18.3 Å². The van der Waals surface area contributed by atoms with Gasteiger partial charge in [0.2, 0.25) is 0 Å². The summed E-state index contributed by atoms with van der Waals surface area (Å²) >= 11 is 0. The van der Waals surface area contributed by atoms with Crippen molar-refractivity contribution < 1.29 is 23.1 Å². The molecule has 0 spiro atoms. The summed E-state index contributed by atoms with van der Waals surface area (Å²) < 4.78 is 19.9. The minimum absolute atomic E-state index is 0.161. The van der Waals surface area contributed by atoms with E-state index in [1.807, 2.05) is 0 Å². The maximum atomic E-state index is 11.8. The van der Waals surface area contributed by atoms with Crippen molar-refractivity contribution in [2.75, 3.05) is 14.2 Å². The second-order valence-corrected chi connectivity index (χ2v) is 3.03. The summed E-state index contributed by atoms with van der Waals surface area (Å²) in [4.78, 5) is 11.8. The van der Waals surface area contributed by atoms with Crippen molar-refractivity contribution in [1.29, 1.82) is 0 Å². The quantitative estimate of drug-likeness (QED) is 0.741. The first-order valence-electron chi connectivity index (χ1n) is 4.54. The van der Waals surface area contributed by atoms with Gasteiger partial charge in [0, 0.05) is 12.1 Å². The zero-order valence-corrected chi connectivity index (χ0v) is 8.85. The average Bonchev–Trinajstić information content (AvgIpc) is 2.97. The molecule has 2 heterocycles. The van der Waals surface area contributed by atoms with Gasteiger partial charge in [-0.1, -0.05) is 0 Å². The van der Waals surface area contributed by atoms with Crippen molar-refractivity contribution >= 4 is 5.78 Å². The lowest BCUT2D eigenvalue weighted by Crippen LogP contribution is -1.96. The molecule has 0 radical (unpaired) electrons. The molecular formula is C11H10O5. The molecule has 84 valence electrons. The predicted octanol–water partition coefficient (Wildman–Crippen LogP) is 2.12. The third-order valence-electron chi connectivity index (χ3n) is 2.07. The monoisotopic (exact) mass is 222 g/mol. The highest BCUT2D eigenvalue weighted by Gasteiger charge is 2.18. The summed E-state index contributed by atoms with van der Waals surface area (Å²) in [6.07, 6.45) is 2.71. The van der Waals surface area contributed by atoms with Crippen LogP contribution in [0.25, 0.3) is 0 Å². The van der Waals surface area contributed by atoms with Crippen LogP contribution in [0.15, 0.2) is 33.5 Å². The van der Waals surface area contributed by atoms with Crippen LogP contribution in [0.2, 0.25) is 0 Å². The first kappa shape index (κ1) is 10.4. The van der Waals surface area contributed by atoms with Gasteiger partial charge in [-0.15, -0.1) is 0 Å². The molecule has 5 nitrogen and oxygen atoms in total. The van der Waals surface area contributed by atoms with E-state index in [-0.39, 0.29) is 17.3 Å². The van der Waals surface area contributed by atoms with E-state index in [0.29, 0.717) is 11.5 Å². The number of furan rings is 2. The number of carbonyl (C=O) groups is 1. The molecule has 0 amide bonds. The standard InChI is InChI=1S/C11H10O5/c1-13-7-3-9(15-5-7)11(12)10-4-8(14-2)6-16-10/h3-6H,1-2H3. The highest BCUT2D eigenvalue weighted by atomic mass is 16.5. The van der Waals surface area contributed by atoms with Crippen molar-refractivity contribution in [3.05, 3.63) is 36.2 Å². The maximum absolute atomic E-state index is 11.8. The molecule has 2 aromatic heterocycles. The predicted molar refractivity (Wildman–Crippen MR) is 54.0 cm³/mol. The van der Waals surface area contributed by atoms with Crippen LogP contribution in [0.4, 0.5) is 0 Å². The lowest BCUT2D eigenvalue weighted by molar-refractivity contribution is 0.0983. The molecule has 0 aliphatic rings. The molecule has 0 saturated carbocycles. The molecule has 2 rings (SSSR count). The largest absolute Gasteiger partial charge is 0.493 e. The number of carbonyl (C=O) groups excluding carboxylic acids is 1. The Labute approximate surface area is 91.6 Å². The zero-order valence-electron chi connectivity index (χ0n) is 8.85. The molecule has 2 aromatic rings. The summed E-state index contributed by atoms with van der Waals surface area (Å²) in [5.74, 6) is 0.943. The van der Waals surface area contributed by atoms with Gasteiger partial charge in [0.05, 0.1) is 14.2 Å². The van der Waals surface area contributed by atoms with E-state index in [9.17, 15) is 4.79 Å². The fourth-order valence-corrected chi connectivity index (χ4v) is 1.21. The fourth-order valence-electron chi connectivity index (χ4n) is 1.21. The first-order valence-corrected chi connectivity index (χ1v) is 4.54. The number of methoxy groups -OCH3 is 2. The second-order valence-electron chi connectivity index (χ2n) is 3.03. The number of rotatable bonds is 4. The Bertz CT molecular complexity index is 450. The minimum Gasteiger partial charge on any atom is -0.493 e. The minimum atomic E-state index is -0.355. The molecule has 0 unspecified atom stereocenters. The van der Waals surface area contributed by atoms with Gasteiger partial charge in [0.15, 0.2) is 23.0 Å². The van der Waals surface area contributed by atoms with E-state index in [1.54, 1.807) is 0 Å². The summed E-state index contributed by atoms with van der Waals surface area (Å²) in [6.45, 7) is 0. The first-order chi connectivity index (χ1) is 7.74. The van der Waals surface area contributed by atoms with Gasteiger partial charge in [-0.05, 0) is 0 Å². The zero-order chi connectivity index (χ0) is 11.5. The van der Waals surface area contributed by atoms with Gasteiger partial charge in [-0.2, -0.15) is 0 Å². The molecule has 0 aliphatic carbocycles. The van der Waals surface area contributed by atoms with Crippen LogP contribution < -0.4 is 9.47 Å². The maximum Gasteiger partial charge on any atom is 0.263 e. The van der Waals surface area contributed by atoms with Gasteiger partial charge < -0.3 is 18.3 Å². The fraction of sp³-hybridized carbons (Fsp3) is 0.182. The van der Waals surface area contributed by atoms with Crippen molar-refractivity contribution in [2.24, 2.45) is 0 Å². The van der Waals surface area contributed by atoms with Crippen LogP contribution in [0.5, 0.6) is 11.5 Å². The van der Waals surface area contributed by atoms with Crippen molar-refractivity contribution in [3.63, 3.8) is 0 Å². The lowest BCUT2D eigenvalue weighted by Gasteiger charge is -1.90. The second kappa shape index (κ2) is 4.14. The third kappa shape index (κ3) is 1.79. The van der Waals surface area contributed by atoms with E-state index in [1.165, 1.54) is 38.9 Å². The Balaban J connectivity index is 2.24. The van der Waals surface area contributed by atoms with Crippen LogP contribution in [0.3, 0.4) is 0 Å². The Hall–Kier alpha value is -2.17. The van der Waals surface area contributed by atoms with Crippen LogP contribution >= 0.6 is 0 Å². The highest BCUT2D eigenvalue weighted by Crippen LogP contribution is 2.22. The molecule has 0 saturated heterocycles. The average molecular weight is 222 g/mol. The van der Waals surface area contributed by atoms with Crippen LogP contribution in [0.1, 0.15) is 16.3 Å². The number of ketones is 1. The Morgan fingerprint density at radius 2 is 1.44 bits per heavy atom. The molecule has 0 atom stereocenters. The molecule has 0 fully saturated rings. The Morgan fingerprint density at radius 1 is 1.00 bits per heavy atom. The Morgan fingerprint density at radius 3 is 1.75 bits per heavy atom. The molecule has 16 heavy (non-hydrogen) atoms. The molecule has 0 aliphatic heterocycles. The third-order valence-corrected chi connectivity index (χ3v) is 2.07. The number of hydrogen-bond donors (Lipinski definition) is 0. The lowest BCUT2D eigenvalue weighted by atomic mass is 10.2. The van der Waals surface area contributed by atoms with Gasteiger partial charge in [0.25, 0.3) is 5.78 Å². The summed E-state index contributed by atoms with van der Waals surface area (Å²) in [5, 5.41) is 0. The van der Waals surface area contributed by atoms with Crippen LogP contribution in [-0.2, 0) is 0 Å². The van der Waals surface area contributed by atoms with Crippen molar-refractivity contribution in [2.45, 2.75) is 0 Å². The number of hydrogen-bond acceptors (Lipinski definition) is 5. The normalized spacial score (nSPS) is 10.1. The number of ether oxygens (including phenoxy) is 2. The molecular weight excluding hydrogens is 212 g/mol. The van der Waals surface area contributed by atoms with Crippen molar-refractivity contribution in [3.8, 4) is 11.5 Å². The van der Waals surface area contributed by atoms with Crippen LogP contribution in [0, 0.1) is 0 Å². The summed E-state index contributed by atoms with van der Waals surface area (Å²) in [6, 6.07) is 2.99. The molecule has 5 heteroatoms. The SMILES string of the molecule is COc1coc(C(=O)c2cc(OC)co2)c1. The molecule has 0 N–H and O–H groups in total. The van der Waals surface area contributed by atoms with E-state index in [2.05, 4.69) is 0 Å². The van der Waals surface area contributed by atoms with Gasteiger partial charge in [-0.25, -0.2) is 0 Å². The topological polar surface area (TPSA) is 61.8 Å². The summed E-state index contributed by atoms with van der Waals surface area (Å²) in [7, 11) is 2.99. The van der Waals surface area contributed by atoms with E-state index in [0.717, 1.165) is 0 Å². The van der Waals surface area contributed by atoms with E-state index >= 15 is 0 Å². The molecule has 0 aromatic carbocycles. The van der Waals surface area contributed by atoms with Gasteiger partial charge in [-0.3, -0.25) is 4.79 Å². The van der Waals surface area contributed by atoms with E-state index < -0.39 is 0 Å². The van der Waals surface area contributed by atoms with Crippen molar-refractivity contribution in [1.82, 2.24) is 0 Å².